The lowest BCUT2D eigenvalue weighted by molar-refractivity contribution is 0.0603. The minimum absolute atomic E-state index is 0.00810. The van der Waals surface area contributed by atoms with Crippen LogP contribution < -0.4 is 15.8 Å². The van der Waals surface area contributed by atoms with Crippen molar-refractivity contribution in [2.75, 3.05) is 13.7 Å². The first-order valence-electron chi connectivity index (χ1n) is 16.8. The molecular formula is C37H41N7O3. The molecule has 3 aliphatic rings. The Morgan fingerprint density at radius 1 is 1.02 bits per heavy atom. The molecular weight excluding hydrogens is 590 g/mol. The molecule has 10 heteroatoms. The number of carbonyl (C=O) groups excluding carboxylic acids is 2. The minimum Gasteiger partial charge on any atom is -0.494 e. The van der Waals surface area contributed by atoms with Gasteiger partial charge in [0.05, 0.1) is 30.1 Å². The number of nitrogens with two attached hydrogens (primary N) is 1. The molecule has 8 rings (SSSR count). The molecule has 2 amide bonds. The number of nitrogens with zero attached hydrogens (tertiary/aromatic N) is 5. The van der Waals surface area contributed by atoms with E-state index in [-0.39, 0.29) is 29.9 Å². The average Bonchev–Trinajstić information content (AvgIpc) is 3.55. The Bertz CT molecular complexity index is 2010. The van der Waals surface area contributed by atoms with E-state index in [4.69, 9.17) is 20.4 Å². The summed E-state index contributed by atoms with van der Waals surface area (Å²) < 4.78 is 10.2. The maximum atomic E-state index is 13.9. The molecule has 0 unspecified atom stereocenters. The number of carbonyl (C=O) groups is 2. The highest BCUT2D eigenvalue weighted by Crippen LogP contribution is 2.40. The van der Waals surface area contributed by atoms with Crippen LogP contribution in [0.15, 0.2) is 60.7 Å². The lowest BCUT2D eigenvalue weighted by Crippen LogP contribution is -2.51. The first kappa shape index (κ1) is 29.7. The predicted octanol–water partition coefficient (Wildman–Crippen LogP) is 5.45. The third-order valence-electron chi connectivity index (χ3n) is 10.5. The Balaban J connectivity index is 1.17. The Hall–Kier alpha value is -4.70. The number of ether oxygens (including phenoxy) is 1. The molecule has 47 heavy (non-hydrogen) atoms. The molecule has 0 radical (unpaired) electrons. The zero-order valence-corrected chi connectivity index (χ0v) is 27.1. The van der Waals surface area contributed by atoms with E-state index in [0.29, 0.717) is 40.8 Å². The maximum absolute atomic E-state index is 13.9. The number of aryl methyl sites for hydroxylation is 1. The van der Waals surface area contributed by atoms with E-state index < -0.39 is 0 Å². The number of amides is 2. The van der Waals surface area contributed by atoms with E-state index in [9.17, 15) is 9.59 Å². The molecule has 242 valence electrons. The molecule has 4 atom stereocenters. The standard InChI is InChI=1S/C37H41N7O3/c1-21(39-36(45)23-7-5-4-6-8-23)29-14-12-25-17-31(44(34(25)40-29)19-22-9-10-22)35-41-30-16-26(18-32(47-3)33(30)42(35)2)37(46)43-20-28(38)24-11-13-27(43)15-24/h4-8,12,14,16-18,21-22,24,27-28H,9-11,13,15,19-20,38H2,1-3H3,(H,39,45)/t21-,24+,27-,28+/m1/s1. The Kier molecular flexibility index (Phi) is 7.28. The molecule has 2 aromatic carbocycles. The molecule has 1 aliphatic heterocycles. The fourth-order valence-electron chi connectivity index (χ4n) is 7.68. The molecule has 5 aromatic rings. The van der Waals surface area contributed by atoms with Gasteiger partial charge in [-0.3, -0.25) is 9.59 Å². The number of piperidine rings is 1. The van der Waals surface area contributed by atoms with Gasteiger partial charge in [-0.2, -0.15) is 0 Å². The summed E-state index contributed by atoms with van der Waals surface area (Å²) in [5, 5.41) is 4.11. The van der Waals surface area contributed by atoms with E-state index in [1.165, 1.54) is 12.8 Å². The van der Waals surface area contributed by atoms with E-state index in [1.807, 2.05) is 67.4 Å². The number of aromatic nitrogens is 4. The van der Waals surface area contributed by atoms with Crippen molar-refractivity contribution in [2.45, 2.75) is 63.7 Å². The number of fused-ring (bicyclic) bond motifs is 4. The molecule has 2 saturated carbocycles. The SMILES string of the molecule is COc1cc(C(=O)N2C[C@H](N)[C@H]3CC[C@@H]2C3)cc2nc(-c3cc4ccc([C@@H](C)NC(=O)c5ccccc5)nc4n3CC3CC3)n(C)c12. The van der Waals surface area contributed by atoms with Gasteiger partial charge in [0.1, 0.15) is 16.9 Å². The fourth-order valence-corrected chi connectivity index (χ4v) is 7.68. The fraction of sp³-hybridized carbons (Fsp3) is 0.405. The van der Waals surface area contributed by atoms with Crippen LogP contribution in [0.5, 0.6) is 5.75 Å². The maximum Gasteiger partial charge on any atom is 0.254 e. The average molecular weight is 632 g/mol. The van der Waals surface area contributed by atoms with E-state index in [0.717, 1.165) is 59.6 Å². The summed E-state index contributed by atoms with van der Waals surface area (Å²) in [5.41, 5.74) is 11.8. The van der Waals surface area contributed by atoms with Crippen molar-refractivity contribution in [1.29, 1.82) is 0 Å². The Labute approximate surface area is 273 Å². The molecule has 10 nitrogen and oxygen atoms in total. The van der Waals surface area contributed by atoms with Crippen LogP contribution in [0.1, 0.15) is 71.5 Å². The van der Waals surface area contributed by atoms with Gasteiger partial charge in [0.15, 0.2) is 5.82 Å². The number of pyridine rings is 1. The molecule has 3 N–H and O–H groups in total. The number of imidazole rings is 1. The first-order valence-corrected chi connectivity index (χ1v) is 16.8. The smallest absolute Gasteiger partial charge is 0.254 e. The minimum atomic E-state index is -0.277. The summed E-state index contributed by atoms with van der Waals surface area (Å²) >= 11 is 0. The van der Waals surface area contributed by atoms with Crippen LogP contribution in [0.3, 0.4) is 0 Å². The Morgan fingerprint density at radius 2 is 1.83 bits per heavy atom. The zero-order chi connectivity index (χ0) is 32.4. The summed E-state index contributed by atoms with van der Waals surface area (Å²) in [6.07, 6.45) is 5.46. The van der Waals surface area contributed by atoms with Gasteiger partial charge < -0.3 is 29.8 Å². The van der Waals surface area contributed by atoms with Gasteiger partial charge >= 0.3 is 0 Å². The predicted molar refractivity (Wildman–Crippen MR) is 181 cm³/mol. The van der Waals surface area contributed by atoms with Gasteiger partial charge in [0.25, 0.3) is 11.8 Å². The van der Waals surface area contributed by atoms with E-state index >= 15 is 0 Å². The van der Waals surface area contributed by atoms with Crippen molar-refractivity contribution < 1.29 is 14.3 Å². The van der Waals surface area contributed by atoms with Crippen LogP contribution >= 0.6 is 0 Å². The summed E-state index contributed by atoms with van der Waals surface area (Å²) in [5.74, 6) is 2.37. The van der Waals surface area contributed by atoms with Gasteiger partial charge in [-0.15, -0.1) is 0 Å². The summed E-state index contributed by atoms with van der Waals surface area (Å²) in [4.78, 5) is 39.0. The van der Waals surface area contributed by atoms with Crippen molar-refractivity contribution in [1.82, 2.24) is 29.3 Å². The van der Waals surface area contributed by atoms with Crippen molar-refractivity contribution >= 4 is 33.9 Å². The second-order valence-corrected chi connectivity index (χ2v) is 13.7. The molecule has 3 fully saturated rings. The quantitative estimate of drug-likeness (QED) is 0.235. The number of benzene rings is 2. The highest BCUT2D eigenvalue weighted by atomic mass is 16.5. The lowest BCUT2D eigenvalue weighted by atomic mass is 9.94. The van der Waals surface area contributed by atoms with Crippen molar-refractivity contribution in [3.05, 3.63) is 77.5 Å². The van der Waals surface area contributed by atoms with Crippen LogP contribution in [-0.4, -0.2) is 61.6 Å². The van der Waals surface area contributed by atoms with Crippen LogP contribution in [0.25, 0.3) is 33.6 Å². The monoisotopic (exact) mass is 631 g/mol. The van der Waals surface area contributed by atoms with Crippen LogP contribution in [0.2, 0.25) is 0 Å². The highest BCUT2D eigenvalue weighted by molar-refractivity contribution is 6.00. The van der Waals surface area contributed by atoms with Crippen molar-refractivity contribution in [2.24, 2.45) is 24.6 Å². The van der Waals surface area contributed by atoms with Crippen LogP contribution in [0, 0.1) is 11.8 Å². The van der Waals surface area contributed by atoms with Crippen molar-refractivity contribution in [3.8, 4) is 17.3 Å². The molecule has 1 saturated heterocycles. The second-order valence-electron chi connectivity index (χ2n) is 13.7. The normalized spacial score (nSPS) is 21.4. The first-order chi connectivity index (χ1) is 22.8. The summed E-state index contributed by atoms with van der Waals surface area (Å²) in [6.45, 7) is 3.39. The third-order valence-corrected chi connectivity index (χ3v) is 10.5. The number of likely N-dealkylation sites (tertiary alicyclic amines) is 1. The second kappa shape index (κ2) is 11.5. The van der Waals surface area contributed by atoms with Crippen molar-refractivity contribution in [3.63, 3.8) is 0 Å². The number of hydrogen-bond donors (Lipinski definition) is 2. The number of hydrogen-bond acceptors (Lipinski definition) is 6. The van der Waals surface area contributed by atoms with E-state index in [2.05, 4.69) is 26.6 Å². The van der Waals surface area contributed by atoms with Crippen LogP contribution in [-0.2, 0) is 13.6 Å². The van der Waals surface area contributed by atoms with Gasteiger partial charge in [-0.05, 0) is 93.3 Å². The summed E-state index contributed by atoms with van der Waals surface area (Å²) in [7, 11) is 3.64. The van der Waals surface area contributed by atoms with Gasteiger partial charge in [-0.1, -0.05) is 18.2 Å². The lowest BCUT2D eigenvalue weighted by Gasteiger charge is -2.37. The third kappa shape index (κ3) is 5.24. The van der Waals surface area contributed by atoms with E-state index in [1.54, 1.807) is 7.11 Å². The number of methoxy groups -OCH3 is 1. The van der Waals surface area contributed by atoms with Gasteiger partial charge in [-0.25, -0.2) is 9.97 Å². The summed E-state index contributed by atoms with van der Waals surface area (Å²) in [6, 6.07) is 19.2. The Morgan fingerprint density at radius 3 is 2.60 bits per heavy atom. The topological polar surface area (TPSA) is 120 Å². The van der Waals surface area contributed by atoms with Crippen LogP contribution in [0.4, 0.5) is 0 Å². The largest absolute Gasteiger partial charge is 0.494 e. The molecule has 2 aliphatic carbocycles. The number of nitrogens with one attached hydrogen (secondary N) is 1. The highest BCUT2D eigenvalue weighted by Gasteiger charge is 2.41. The molecule has 3 aromatic heterocycles. The van der Waals surface area contributed by atoms with Gasteiger partial charge in [0.2, 0.25) is 0 Å². The molecule has 4 heterocycles. The molecule has 0 spiro atoms. The van der Waals surface area contributed by atoms with Gasteiger partial charge in [0, 0.05) is 48.7 Å². The number of rotatable bonds is 8. The molecule has 2 bridgehead atoms. The zero-order valence-electron chi connectivity index (χ0n) is 27.1.